The van der Waals surface area contributed by atoms with Crippen molar-refractivity contribution in [3.63, 3.8) is 0 Å². The SMILES string of the molecule is CC(O)[C@H]1COC(=O)N1c1ccnc(N[C@@H](C)C2CCN(c3ccc(Cl)c(O)c3)CC2)n1. The third-order valence-corrected chi connectivity index (χ3v) is 6.57. The minimum atomic E-state index is -0.737. The molecule has 0 aliphatic carbocycles. The van der Waals surface area contributed by atoms with Gasteiger partial charge < -0.3 is 25.2 Å². The summed E-state index contributed by atoms with van der Waals surface area (Å²) >= 11 is 5.92. The molecule has 2 saturated heterocycles. The zero-order chi connectivity index (χ0) is 22.8. The zero-order valence-corrected chi connectivity index (χ0v) is 18.9. The predicted octanol–water partition coefficient (Wildman–Crippen LogP) is 3.26. The van der Waals surface area contributed by atoms with Gasteiger partial charge in [-0.25, -0.2) is 9.78 Å². The molecule has 1 amide bonds. The molecule has 32 heavy (non-hydrogen) atoms. The number of amides is 1. The molecule has 172 valence electrons. The number of phenolic OH excluding ortho intramolecular Hbond substituents is 1. The second kappa shape index (κ2) is 9.38. The molecule has 1 aromatic heterocycles. The molecule has 2 aromatic rings. The number of piperidine rings is 1. The molecule has 4 rings (SSSR count). The topological polar surface area (TPSA) is 111 Å². The number of phenols is 1. The van der Waals surface area contributed by atoms with Gasteiger partial charge in [-0.15, -0.1) is 0 Å². The number of aromatic hydroxyl groups is 1. The molecule has 9 nitrogen and oxygen atoms in total. The van der Waals surface area contributed by atoms with Gasteiger partial charge in [0.25, 0.3) is 0 Å². The van der Waals surface area contributed by atoms with Gasteiger partial charge in [-0.2, -0.15) is 4.98 Å². The van der Waals surface area contributed by atoms with E-state index in [9.17, 15) is 15.0 Å². The molecular formula is C22H28ClN5O4. The van der Waals surface area contributed by atoms with Gasteiger partial charge in [0.05, 0.1) is 11.1 Å². The molecular weight excluding hydrogens is 434 g/mol. The first-order chi connectivity index (χ1) is 15.3. The molecule has 3 N–H and O–H groups in total. The molecule has 2 fully saturated rings. The monoisotopic (exact) mass is 461 g/mol. The molecule has 1 aromatic carbocycles. The fourth-order valence-corrected chi connectivity index (χ4v) is 4.40. The number of rotatable bonds is 6. The molecule has 2 aliphatic heterocycles. The quantitative estimate of drug-likeness (QED) is 0.601. The van der Waals surface area contributed by atoms with Crippen LogP contribution in [0.5, 0.6) is 5.75 Å². The van der Waals surface area contributed by atoms with E-state index in [1.165, 1.54) is 4.90 Å². The van der Waals surface area contributed by atoms with E-state index in [1.54, 1.807) is 31.3 Å². The van der Waals surface area contributed by atoms with Gasteiger partial charge in [-0.3, -0.25) is 4.90 Å². The maximum atomic E-state index is 12.1. The van der Waals surface area contributed by atoms with Crippen LogP contribution in [0.2, 0.25) is 5.02 Å². The average molecular weight is 462 g/mol. The summed E-state index contributed by atoms with van der Waals surface area (Å²) in [5, 5.41) is 23.6. The molecule has 1 unspecified atom stereocenters. The summed E-state index contributed by atoms with van der Waals surface area (Å²) in [7, 11) is 0. The standard InChI is InChI=1S/C22H28ClN5O4/c1-13(15-6-9-27(10-7-15)16-3-4-17(23)19(30)11-16)25-21-24-8-5-20(26-21)28-18(14(2)29)12-32-22(28)31/h3-5,8,11,13-15,18,29-30H,6-7,9-10,12H2,1-2H3,(H,24,25,26)/t13-,14?,18+/m0/s1. The summed E-state index contributed by atoms with van der Waals surface area (Å²) in [4.78, 5) is 24.6. The number of anilines is 3. The Morgan fingerprint density at radius 1 is 1.25 bits per heavy atom. The number of nitrogens with zero attached hydrogens (tertiary/aromatic N) is 4. The fraction of sp³-hybridized carbons (Fsp3) is 0.500. The third kappa shape index (κ3) is 4.68. The summed E-state index contributed by atoms with van der Waals surface area (Å²) < 4.78 is 5.09. The molecule has 0 spiro atoms. The van der Waals surface area contributed by atoms with Crippen LogP contribution in [0.15, 0.2) is 30.5 Å². The van der Waals surface area contributed by atoms with E-state index in [1.807, 2.05) is 6.07 Å². The van der Waals surface area contributed by atoms with Gasteiger partial charge in [0.2, 0.25) is 5.95 Å². The Labute approximate surface area is 192 Å². The molecule has 10 heteroatoms. The van der Waals surface area contributed by atoms with E-state index in [0.717, 1.165) is 31.6 Å². The number of hydrogen-bond donors (Lipinski definition) is 3. The predicted molar refractivity (Wildman–Crippen MR) is 122 cm³/mol. The lowest BCUT2D eigenvalue weighted by Crippen LogP contribution is -2.41. The van der Waals surface area contributed by atoms with E-state index < -0.39 is 18.2 Å². The Bertz CT molecular complexity index is 967. The van der Waals surface area contributed by atoms with Crippen LogP contribution >= 0.6 is 11.6 Å². The Kier molecular flexibility index (Phi) is 6.57. The number of benzene rings is 1. The number of aromatic nitrogens is 2. The van der Waals surface area contributed by atoms with Crippen molar-refractivity contribution in [3.05, 3.63) is 35.5 Å². The number of aliphatic hydroxyl groups is 1. The van der Waals surface area contributed by atoms with E-state index in [4.69, 9.17) is 16.3 Å². The smallest absolute Gasteiger partial charge is 0.416 e. The van der Waals surface area contributed by atoms with Crippen molar-refractivity contribution >= 4 is 35.1 Å². The summed E-state index contributed by atoms with van der Waals surface area (Å²) in [6.07, 6.45) is 2.28. The second-order valence-corrected chi connectivity index (χ2v) is 8.79. The number of cyclic esters (lactones) is 1. The number of hydrogen-bond acceptors (Lipinski definition) is 8. The van der Waals surface area contributed by atoms with Crippen LogP contribution in [-0.4, -0.2) is 64.2 Å². The van der Waals surface area contributed by atoms with Crippen LogP contribution in [0.3, 0.4) is 0 Å². The molecule has 3 heterocycles. The van der Waals surface area contributed by atoms with E-state index >= 15 is 0 Å². The van der Waals surface area contributed by atoms with Crippen molar-refractivity contribution in [2.75, 3.05) is 34.8 Å². The van der Waals surface area contributed by atoms with Crippen LogP contribution in [-0.2, 0) is 4.74 Å². The van der Waals surface area contributed by atoms with Gasteiger partial charge in [0.1, 0.15) is 24.2 Å². The summed E-state index contributed by atoms with van der Waals surface area (Å²) in [6, 6.07) is 6.63. The van der Waals surface area contributed by atoms with Crippen molar-refractivity contribution < 1.29 is 19.7 Å². The highest BCUT2D eigenvalue weighted by atomic mass is 35.5. The zero-order valence-electron chi connectivity index (χ0n) is 18.1. The van der Waals surface area contributed by atoms with Crippen LogP contribution in [0, 0.1) is 5.92 Å². The fourth-order valence-electron chi connectivity index (χ4n) is 4.28. The van der Waals surface area contributed by atoms with Crippen LogP contribution in [0.1, 0.15) is 26.7 Å². The third-order valence-electron chi connectivity index (χ3n) is 6.25. The second-order valence-electron chi connectivity index (χ2n) is 8.39. The van der Waals surface area contributed by atoms with Gasteiger partial charge >= 0.3 is 6.09 Å². The van der Waals surface area contributed by atoms with Crippen molar-refractivity contribution in [3.8, 4) is 5.75 Å². The van der Waals surface area contributed by atoms with E-state index in [-0.39, 0.29) is 18.4 Å². The molecule has 0 radical (unpaired) electrons. The summed E-state index contributed by atoms with van der Waals surface area (Å²) in [5.41, 5.74) is 0.965. The molecule has 3 atom stereocenters. The minimum Gasteiger partial charge on any atom is -0.506 e. The van der Waals surface area contributed by atoms with Crippen molar-refractivity contribution in [2.45, 2.75) is 44.9 Å². The Morgan fingerprint density at radius 3 is 2.69 bits per heavy atom. The number of ether oxygens (including phenoxy) is 1. The van der Waals surface area contributed by atoms with Crippen LogP contribution in [0.25, 0.3) is 0 Å². The number of aliphatic hydroxyl groups excluding tert-OH is 1. The maximum absolute atomic E-state index is 12.1. The number of carbonyl (C=O) groups excluding carboxylic acids is 1. The summed E-state index contributed by atoms with van der Waals surface area (Å²) in [5.74, 6) is 1.35. The lowest BCUT2D eigenvalue weighted by molar-refractivity contribution is 0.142. The van der Waals surface area contributed by atoms with Crippen molar-refractivity contribution in [2.24, 2.45) is 5.92 Å². The molecule has 0 bridgehead atoms. The first-order valence-corrected chi connectivity index (χ1v) is 11.2. The maximum Gasteiger partial charge on any atom is 0.416 e. The van der Waals surface area contributed by atoms with Gasteiger partial charge in [0, 0.05) is 37.1 Å². The highest BCUT2D eigenvalue weighted by Crippen LogP contribution is 2.32. The Balaban J connectivity index is 1.37. The lowest BCUT2D eigenvalue weighted by Gasteiger charge is -2.36. The highest BCUT2D eigenvalue weighted by Gasteiger charge is 2.38. The van der Waals surface area contributed by atoms with Crippen LogP contribution < -0.4 is 15.1 Å². The Morgan fingerprint density at radius 2 is 2.00 bits per heavy atom. The first-order valence-electron chi connectivity index (χ1n) is 10.8. The lowest BCUT2D eigenvalue weighted by atomic mass is 9.90. The van der Waals surface area contributed by atoms with Gasteiger partial charge in [-0.05, 0) is 50.8 Å². The van der Waals surface area contributed by atoms with E-state index in [0.29, 0.717) is 22.7 Å². The van der Waals surface area contributed by atoms with Crippen molar-refractivity contribution in [1.82, 2.24) is 9.97 Å². The molecule has 0 saturated carbocycles. The van der Waals surface area contributed by atoms with Crippen molar-refractivity contribution in [1.29, 1.82) is 0 Å². The number of halogens is 1. The first kappa shape index (κ1) is 22.4. The van der Waals surface area contributed by atoms with Gasteiger partial charge in [-0.1, -0.05) is 11.6 Å². The normalized spacial score (nSPS) is 21.4. The highest BCUT2D eigenvalue weighted by molar-refractivity contribution is 6.32. The number of nitrogens with one attached hydrogen (secondary N) is 1. The number of carbonyl (C=O) groups is 1. The van der Waals surface area contributed by atoms with Crippen LogP contribution in [0.4, 0.5) is 22.2 Å². The van der Waals surface area contributed by atoms with Gasteiger partial charge in [0.15, 0.2) is 0 Å². The summed E-state index contributed by atoms with van der Waals surface area (Å²) in [6.45, 7) is 5.60. The average Bonchev–Trinajstić information content (AvgIpc) is 3.18. The molecule has 2 aliphatic rings. The Hall–Kier alpha value is -2.78. The minimum absolute atomic E-state index is 0.0954. The van der Waals surface area contributed by atoms with E-state index in [2.05, 4.69) is 27.1 Å². The largest absolute Gasteiger partial charge is 0.506 e.